The normalized spacial score (nSPS) is 14.2. The molecule has 0 spiro atoms. The summed E-state index contributed by atoms with van der Waals surface area (Å²) in [4.78, 5) is 21.1. The first kappa shape index (κ1) is 24.7. The van der Waals surface area contributed by atoms with Gasteiger partial charge in [0.05, 0.1) is 28.6 Å². The van der Waals surface area contributed by atoms with Gasteiger partial charge in [0.15, 0.2) is 0 Å². The van der Waals surface area contributed by atoms with E-state index in [9.17, 15) is 9.18 Å². The molecular formula is C30H25FN6O. The van der Waals surface area contributed by atoms with E-state index in [4.69, 9.17) is 5.26 Å². The first-order valence-electron chi connectivity index (χ1n) is 12.1. The second-order valence-corrected chi connectivity index (χ2v) is 9.27. The fraction of sp³-hybridized carbons (Fsp3) is 0.200. The molecular weight excluding hydrogens is 479 g/mol. The third-order valence-corrected chi connectivity index (χ3v) is 6.82. The average Bonchev–Trinajstić information content (AvgIpc) is 2.90. The van der Waals surface area contributed by atoms with Crippen molar-refractivity contribution in [2.45, 2.75) is 19.4 Å². The Balaban J connectivity index is 1.30. The molecule has 1 amide bonds. The van der Waals surface area contributed by atoms with E-state index in [1.807, 2.05) is 30.1 Å². The molecule has 8 heteroatoms. The summed E-state index contributed by atoms with van der Waals surface area (Å²) in [7, 11) is 1.89. The molecule has 1 fully saturated rings. The number of carbonyl (C=O) groups excluding carboxylic acids is 1. The van der Waals surface area contributed by atoms with Crippen molar-refractivity contribution in [2.24, 2.45) is 5.10 Å². The molecule has 3 aromatic rings. The zero-order valence-electron chi connectivity index (χ0n) is 21.1. The van der Waals surface area contributed by atoms with Crippen molar-refractivity contribution in [3.05, 3.63) is 101 Å². The lowest BCUT2D eigenvalue weighted by Gasteiger charge is -2.44. The molecule has 2 aliphatic rings. The van der Waals surface area contributed by atoms with Crippen molar-refractivity contribution in [3.8, 4) is 17.9 Å². The minimum atomic E-state index is -0.553. The number of hydrogen-bond acceptors (Lipinski definition) is 6. The highest BCUT2D eigenvalue weighted by Crippen LogP contribution is 2.26. The lowest BCUT2D eigenvalue weighted by atomic mass is 9.93. The van der Waals surface area contributed by atoms with Crippen LogP contribution in [0.5, 0.6) is 0 Å². The number of hydrazone groups is 1. The summed E-state index contributed by atoms with van der Waals surface area (Å²) < 4.78 is 14.8. The average molecular weight is 505 g/mol. The number of nitrogens with zero attached hydrogens (tertiary/aromatic N) is 5. The summed E-state index contributed by atoms with van der Waals surface area (Å²) in [5, 5.41) is 13.4. The number of rotatable bonds is 5. The van der Waals surface area contributed by atoms with Crippen LogP contribution >= 0.6 is 0 Å². The number of hydrogen-bond donors (Lipinski definition) is 1. The minimum absolute atomic E-state index is 0.0414. The number of nitrogens with one attached hydrogen (secondary N) is 1. The number of pyridine rings is 1. The smallest absolute Gasteiger partial charge is 0.256 e. The van der Waals surface area contributed by atoms with Gasteiger partial charge in [-0.1, -0.05) is 24.6 Å². The topological polar surface area (TPSA) is 84.6 Å². The Bertz CT molecular complexity index is 1570. The van der Waals surface area contributed by atoms with Crippen LogP contribution < -0.4 is 10.3 Å². The molecule has 3 heterocycles. The van der Waals surface area contributed by atoms with Gasteiger partial charge in [0.25, 0.3) is 5.91 Å². The van der Waals surface area contributed by atoms with Crippen molar-refractivity contribution >= 4 is 23.1 Å². The van der Waals surface area contributed by atoms with Crippen LogP contribution in [-0.2, 0) is 6.42 Å². The molecule has 0 atom stereocenters. The molecule has 1 aromatic heterocycles. The van der Waals surface area contributed by atoms with Gasteiger partial charge in [0.1, 0.15) is 17.7 Å². The van der Waals surface area contributed by atoms with Crippen molar-refractivity contribution in [1.82, 2.24) is 15.3 Å². The molecule has 2 aliphatic heterocycles. The summed E-state index contributed by atoms with van der Waals surface area (Å²) in [5.41, 5.74) is 8.44. The number of likely N-dealkylation sites (N-methyl/N-ethyl adjacent to an activating group) is 1. The van der Waals surface area contributed by atoms with E-state index in [1.54, 1.807) is 36.1 Å². The van der Waals surface area contributed by atoms with Crippen LogP contribution in [0.15, 0.2) is 66.4 Å². The van der Waals surface area contributed by atoms with Gasteiger partial charge in [0, 0.05) is 49.4 Å². The second-order valence-electron chi connectivity index (χ2n) is 9.27. The molecule has 0 saturated carbocycles. The van der Waals surface area contributed by atoms with Crippen LogP contribution in [0.25, 0.3) is 5.70 Å². The Morgan fingerprint density at radius 3 is 2.68 bits per heavy atom. The van der Waals surface area contributed by atoms with E-state index in [1.165, 1.54) is 12.3 Å². The highest BCUT2D eigenvalue weighted by molar-refractivity contribution is 6.07. The minimum Gasteiger partial charge on any atom is -0.353 e. The number of anilines is 1. The van der Waals surface area contributed by atoms with E-state index in [0.717, 1.165) is 28.0 Å². The second kappa shape index (κ2) is 10.2. The molecule has 0 aliphatic carbocycles. The highest BCUT2D eigenvalue weighted by atomic mass is 19.1. The van der Waals surface area contributed by atoms with Crippen molar-refractivity contribution in [1.29, 1.82) is 5.26 Å². The lowest BCUT2D eigenvalue weighted by molar-refractivity contribution is 0.0598. The monoisotopic (exact) mass is 504 g/mol. The van der Waals surface area contributed by atoms with Crippen LogP contribution in [0.1, 0.15) is 45.1 Å². The SMILES string of the molecule is C=C1NN=C(Cc2ccc(F)c(C(=O)N3CC(N(C)c4ccc(C#N)cn4)C3)c2)c2cc(C#CC)ccc21. The van der Waals surface area contributed by atoms with Crippen LogP contribution in [0.4, 0.5) is 10.2 Å². The maximum atomic E-state index is 14.8. The number of carbonyl (C=O) groups is 1. The van der Waals surface area contributed by atoms with Gasteiger partial charge in [-0.05, 0) is 48.9 Å². The van der Waals surface area contributed by atoms with Gasteiger partial charge in [-0.15, -0.1) is 5.92 Å². The molecule has 5 rings (SSSR count). The van der Waals surface area contributed by atoms with Gasteiger partial charge in [0.2, 0.25) is 0 Å². The first-order valence-corrected chi connectivity index (χ1v) is 12.1. The Morgan fingerprint density at radius 2 is 1.97 bits per heavy atom. The first-order chi connectivity index (χ1) is 18.4. The van der Waals surface area contributed by atoms with Crippen molar-refractivity contribution in [3.63, 3.8) is 0 Å². The largest absolute Gasteiger partial charge is 0.353 e. The predicted octanol–water partition coefficient (Wildman–Crippen LogP) is 3.95. The molecule has 2 aromatic carbocycles. The van der Waals surface area contributed by atoms with Crippen LogP contribution in [0, 0.1) is 29.0 Å². The van der Waals surface area contributed by atoms with Gasteiger partial charge < -0.3 is 9.80 Å². The molecule has 1 N–H and O–H groups in total. The molecule has 7 nitrogen and oxygen atoms in total. The number of fused-ring (bicyclic) bond motifs is 1. The Kier molecular flexibility index (Phi) is 6.64. The van der Waals surface area contributed by atoms with Crippen LogP contribution in [0.3, 0.4) is 0 Å². The number of aromatic nitrogens is 1. The zero-order valence-corrected chi connectivity index (χ0v) is 21.1. The summed E-state index contributed by atoms with van der Waals surface area (Å²) >= 11 is 0. The predicted molar refractivity (Wildman–Crippen MR) is 145 cm³/mol. The van der Waals surface area contributed by atoms with Gasteiger partial charge >= 0.3 is 0 Å². The molecule has 0 unspecified atom stereocenters. The Hall–Kier alpha value is -4.95. The van der Waals surface area contributed by atoms with E-state index in [2.05, 4.69) is 40.0 Å². The lowest BCUT2D eigenvalue weighted by Crippen LogP contribution is -2.60. The summed E-state index contributed by atoms with van der Waals surface area (Å²) in [5.74, 6) is 5.79. The van der Waals surface area contributed by atoms with Gasteiger partial charge in [-0.3, -0.25) is 10.2 Å². The number of halogens is 1. The summed E-state index contributed by atoms with van der Waals surface area (Å²) in [6, 6.07) is 16.1. The third-order valence-electron chi connectivity index (χ3n) is 6.82. The third kappa shape index (κ3) is 4.72. The fourth-order valence-electron chi connectivity index (χ4n) is 4.58. The Morgan fingerprint density at radius 1 is 1.18 bits per heavy atom. The molecule has 188 valence electrons. The molecule has 0 radical (unpaired) electrons. The number of amides is 1. The van der Waals surface area contributed by atoms with Crippen LogP contribution in [-0.4, -0.2) is 47.7 Å². The van der Waals surface area contributed by atoms with Crippen LogP contribution in [0.2, 0.25) is 0 Å². The number of nitriles is 1. The van der Waals surface area contributed by atoms with Crippen molar-refractivity contribution < 1.29 is 9.18 Å². The summed E-state index contributed by atoms with van der Waals surface area (Å²) in [6.07, 6.45) is 1.93. The zero-order chi connectivity index (χ0) is 26.8. The molecule has 38 heavy (non-hydrogen) atoms. The quantitative estimate of drug-likeness (QED) is 0.532. The molecule has 1 saturated heterocycles. The maximum absolute atomic E-state index is 14.8. The van der Waals surface area contributed by atoms with Gasteiger partial charge in [-0.2, -0.15) is 10.4 Å². The van der Waals surface area contributed by atoms with E-state index in [-0.39, 0.29) is 17.5 Å². The molecule has 0 bridgehead atoms. The highest BCUT2D eigenvalue weighted by Gasteiger charge is 2.35. The van der Waals surface area contributed by atoms with Gasteiger partial charge in [-0.25, -0.2) is 9.37 Å². The summed E-state index contributed by atoms with van der Waals surface area (Å²) in [6.45, 7) is 6.72. The Labute approximate surface area is 220 Å². The van der Waals surface area contributed by atoms with E-state index in [0.29, 0.717) is 36.6 Å². The van der Waals surface area contributed by atoms with Crippen molar-refractivity contribution in [2.75, 3.05) is 25.0 Å². The number of likely N-dealkylation sites (tertiary alicyclic amines) is 1. The fourth-order valence-corrected chi connectivity index (χ4v) is 4.58. The maximum Gasteiger partial charge on any atom is 0.256 e. The van der Waals surface area contributed by atoms with E-state index < -0.39 is 5.82 Å². The van der Waals surface area contributed by atoms with E-state index >= 15 is 0 Å². The number of benzene rings is 2. The standard InChI is InChI=1S/C30H25FN6O/c1-4-5-20-6-9-24-19(2)34-35-28(25(24)12-20)14-21-7-10-27(31)26(13-21)30(38)37-17-23(18-37)36(3)29-11-8-22(15-32)16-33-29/h6-13,16,23,34H,2,14,17-18H2,1,3H3.